The summed E-state index contributed by atoms with van der Waals surface area (Å²) in [5.41, 5.74) is 8.11. The predicted octanol–water partition coefficient (Wildman–Crippen LogP) is 2.81. The molecule has 5 nitrogen and oxygen atoms in total. The van der Waals surface area contributed by atoms with Crippen LogP contribution in [0.1, 0.15) is 23.1 Å². The normalized spacial score (nSPS) is 10.5. The summed E-state index contributed by atoms with van der Waals surface area (Å²) < 4.78 is 2.51. The molecule has 0 saturated carbocycles. The maximum Gasteiger partial charge on any atom is 0.276 e. The van der Waals surface area contributed by atoms with E-state index in [0.29, 0.717) is 29.3 Å². The van der Waals surface area contributed by atoms with Crippen LogP contribution in [0.5, 0.6) is 0 Å². The Kier molecular flexibility index (Phi) is 3.90. The lowest BCUT2D eigenvalue weighted by atomic mass is 10.2. The van der Waals surface area contributed by atoms with Gasteiger partial charge in [0.05, 0.1) is 11.4 Å². The zero-order chi connectivity index (χ0) is 14.0. The molecular weight excluding hydrogens is 308 g/mol. The average Bonchev–Trinajstić information content (AvgIpc) is 2.65. The molecule has 0 fully saturated rings. The monoisotopic (exact) mass is 322 g/mol. The number of amides is 1. The first-order valence-corrected chi connectivity index (χ1v) is 6.72. The summed E-state index contributed by atoms with van der Waals surface area (Å²) in [5.74, 6) is -0.252. The predicted molar refractivity (Wildman–Crippen MR) is 79.1 cm³/mol. The van der Waals surface area contributed by atoms with E-state index < -0.39 is 0 Å². The standard InChI is InChI=1S/C13H15BrN4O/c1-3-18-12(11(15)8(2)17-18)13(19)16-10-6-4-5-9(14)7-10/h4-7H,3,15H2,1-2H3,(H,16,19). The van der Waals surface area contributed by atoms with Crippen LogP contribution in [0.15, 0.2) is 28.7 Å². The van der Waals surface area contributed by atoms with Crippen LogP contribution in [-0.2, 0) is 6.54 Å². The second-order valence-corrected chi connectivity index (χ2v) is 5.04. The molecular formula is C13H15BrN4O. The van der Waals surface area contributed by atoms with Crippen molar-refractivity contribution in [2.45, 2.75) is 20.4 Å². The Labute approximate surface area is 119 Å². The van der Waals surface area contributed by atoms with Gasteiger partial charge in [-0.2, -0.15) is 5.10 Å². The number of halogens is 1. The number of anilines is 2. The van der Waals surface area contributed by atoms with Gasteiger partial charge in [0.1, 0.15) is 5.69 Å². The fourth-order valence-corrected chi connectivity index (χ4v) is 2.22. The van der Waals surface area contributed by atoms with Gasteiger partial charge in [0.15, 0.2) is 0 Å². The number of aryl methyl sites for hydroxylation is 2. The summed E-state index contributed by atoms with van der Waals surface area (Å²) in [5, 5.41) is 7.05. The molecule has 100 valence electrons. The van der Waals surface area contributed by atoms with Crippen molar-refractivity contribution in [3.05, 3.63) is 40.1 Å². The molecule has 2 rings (SSSR count). The highest BCUT2D eigenvalue weighted by Gasteiger charge is 2.19. The third-order valence-electron chi connectivity index (χ3n) is 2.77. The molecule has 0 radical (unpaired) electrons. The number of carbonyl (C=O) groups excluding carboxylic acids is 1. The summed E-state index contributed by atoms with van der Waals surface area (Å²) in [4.78, 5) is 12.3. The van der Waals surface area contributed by atoms with Crippen molar-refractivity contribution in [2.75, 3.05) is 11.1 Å². The molecule has 1 aromatic heterocycles. The van der Waals surface area contributed by atoms with E-state index in [2.05, 4.69) is 26.3 Å². The minimum atomic E-state index is -0.252. The van der Waals surface area contributed by atoms with Crippen molar-refractivity contribution in [3.63, 3.8) is 0 Å². The van der Waals surface area contributed by atoms with Crippen molar-refractivity contribution in [1.29, 1.82) is 0 Å². The largest absolute Gasteiger partial charge is 0.395 e. The Morgan fingerprint density at radius 1 is 1.53 bits per heavy atom. The molecule has 3 N–H and O–H groups in total. The van der Waals surface area contributed by atoms with Crippen LogP contribution < -0.4 is 11.1 Å². The van der Waals surface area contributed by atoms with Gasteiger partial charge in [-0.1, -0.05) is 22.0 Å². The Morgan fingerprint density at radius 2 is 2.26 bits per heavy atom. The smallest absolute Gasteiger partial charge is 0.276 e. The van der Waals surface area contributed by atoms with Crippen LogP contribution in [-0.4, -0.2) is 15.7 Å². The van der Waals surface area contributed by atoms with Gasteiger partial charge in [-0.3, -0.25) is 9.48 Å². The van der Waals surface area contributed by atoms with E-state index in [1.807, 2.05) is 31.2 Å². The minimum absolute atomic E-state index is 0.252. The number of nitrogen functional groups attached to an aromatic ring is 1. The number of carbonyl (C=O) groups is 1. The van der Waals surface area contributed by atoms with Gasteiger partial charge in [-0.25, -0.2) is 0 Å². The Hall–Kier alpha value is -1.82. The number of hydrogen-bond acceptors (Lipinski definition) is 3. The molecule has 0 aliphatic carbocycles. The molecule has 0 bridgehead atoms. The molecule has 0 atom stereocenters. The zero-order valence-corrected chi connectivity index (χ0v) is 12.4. The molecule has 0 aliphatic rings. The number of nitrogens with one attached hydrogen (secondary N) is 1. The van der Waals surface area contributed by atoms with Crippen molar-refractivity contribution < 1.29 is 4.79 Å². The molecule has 0 spiro atoms. The first kappa shape index (κ1) is 13.6. The third-order valence-corrected chi connectivity index (χ3v) is 3.26. The second kappa shape index (κ2) is 5.44. The van der Waals surface area contributed by atoms with Gasteiger partial charge in [0.25, 0.3) is 5.91 Å². The summed E-state index contributed by atoms with van der Waals surface area (Å²) in [6, 6.07) is 7.39. The summed E-state index contributed by atoms with van der Waals surface area (Å²) in [7, 11) is 0. The fraction of sp³-hybridized carbons (Fsp3) is 0.231. The number of nitrogens with zero attached hydrogens (tertiary/aromatic N) is 2. The average molecular weight is 323 g/mol. The van der Waals surface area contributed by atoms with E-state index in [9.17, 15) is 4.79 Å². The van der Waals surface area contributed by atoms with Gasteiger partial charge in [-0.05, 0) is 32.0 Å². The number of rotatable bonds is 3. The van der Waals surface area contributed by atoms with Gasteiger partial charge < -0.3 is 11.1 Å². The lowest BCUT2D eigenvalue weighted by Crippen LogP contribution is -2.18. The Morgan fingerprint density at radius 3 is 2.89 bits per heavy atom. The highest BCUT2D eigenvalue weighted by molar-refractivity contribution is 9.10. The van der Waals surface area contributed by atoms with Crippen LogP contribution in [0.3, 0.4) is 0 Å². The van der Waals surface area contributed by atoms with Crippen molar-refractivity contribution >= 4 is 33.2 Å². The topological polar surface area (TPSA) is 72.9 Å². The van der Waals surface area contributed by atoms with Gasteiger partial charge in [0.2, 0.25) is 0 Å². The fourth-order valence-electron chi connectivity index (χ4n) is 1.82. The zero-order valence-electron chi connectivity index (χ0n) is 10.8. The van der Waals surface area contributed by atoms with Crippen LogP contribution in [0.25, 0.3) is 0 Å². The van der Waals surface area contributed by atoms with E-state index in [-0.39, 0.29) is 5.91 Å². The highest BCUT2D eigenvalue weighted by atomic mass is 79.9. The Balaban J connectivity index is 2.30. The van der Waals surface area contributed by atoms with Gasteiger partial charge >= 0.3 is 0 Å². The van der Waals surface area contributed by atoms with Gasteiger partial charge in [0, 0.05) is 16.7 Å². The first-order chi connectivity index (χ1) is 9.02. The van der Waals surface area contributed by atoms with Crippen molar-refractivity contribution in [3.8, 4) is 0 Å². The molecule has 1 amide bonds. The molecule has 2 aromatic rings. The summed E-state index contributed by atoms with van der Waals surface area (Å²) in [6.45, 7) is 4.30. The summed E-state index contributed by atoms with van der Waals surface area (Å²) in [6.07, 6.45) is 0. The van der Waals surface area contributed by atoms with E-state index in [1.54, 1.807) is 11.6 Å². The molecule has 19 heavy (non-hydrogen) atoms. The van der Waals surface area contributed by atoms with Crippen LogP contribution in [0.2, 0.25) is 0 Å². The van der Waals surface area contributed by atoms with E-state index in [4.69, 9.17) is 5.73 Å². The number of aromatic nitrogens is 2. The number of nitrogens with two attached hydrogens (primary N) is 1. The minimum Gasteiger partial charge on any atom is -0.395 e. The van der Waals surface area contributed by atoms with E-state index in [1.165, 1.54) is 0 Å². The van der Waals surface area contributed by atoms with Crippen LogP contribution in [0, 0.1) is 6.92 Å². The second-order valence-electron chi connectivity index (χ2n) is 4.13. The lowest BCUT2D eigenvalue weighted by molar-refractivity contribution is 0.101. The maximum absolute atomic E-state index is 12.3. The first-order valence-electron chi connectivity index (χ1n) is 5.92. The highest BCUT2D eigenvalue weighted by Crippen LogP contribution is 2.20. The summed E-state index contributed by atoms with van der Waals surface area (Å²) >= 11 is 3.36. The third kappa shape index (κ3) is 2.78. The SMILES string of the molecule is CCn1nc(C)c(N)c1C(=O)Nc1cccc(Br)c1. The molecule has 0 aliphatic heterocycles. The molecule has 1 heterocycles. The number of benzene rings is 1. The van der Waals surface area contributed by atoms with E-state index >= 15 is 0 Å². The molecule has 1 aromatic carbocycles. The number of hydrogen-bond donors (Lipinski definition) is 2. The Bertz CT molecular complexity index is 621. The van der Waals surface area contributed by atoms with Crippen LogP contribution in [0.4, 0.5) is 11.4 Å². The van der Waals surface area contributed by atoms with E-state index in [0.717, 1.165) is 4.47 Å². The van der Waals surface area contributed by atoms with Gasteiger partial charge in [-0.15, -0.1) is 0 Å². The van der Waals surface area contributed by atoms with Crippen molar-refractivity contribution in [1.82, 2.24) is 9.78 Å². The molecule has 0 unspecified atom stereocenters. The molecule has 0 saturated heterocycles. The molecule has 6 heteroatoms. The lowest BCUT2D eigenvalue weighted by Gasteiger charge is -2.08. The quantitative estimate of drug-likeness (QED) is 0.912. The van der Waals surface area contributed by atoms with Crippen molar-refractivity contribution in [2.24, 2.45) is 0 Å². The maximum atomic E-state index is 12.3. The van der Waals surface area contributed by atoms with Crippen LogP contribution >= 0.6 is 15.9 Å².